The van der Waals surface area contributed by atoms with Crippen LogP contribution < -0.4 is 9.47 Å². The highest BCUT2D eigenvalue weighted by molar-refractivity contribution is 6.13. The molecule has 0 radical (unpaired) electrons. The molecule has 3 heterocycles. The number of nitrogens with zero attached hydrogens (tertiary/aromatic N) is 2. The van der Waals surface area contributed by atoms with Crippen LogP contribution in [0.3, 0.4) is 0 Å². The summed E-state index contributed by atoms with van der Waals surface area (Å²) >= 11 is 0. The molecular weight excluding hydrogens is 637 g/mol. The molecule has 0 atom stereocenters. The summed E-state index contributed by atoms with van der Waals surface area (Å²) in [5, 5.41) is 2.08. The lowest BCUT2D eigenvalue weighted by atomic mass is 9.98. The Bertz CT molecular complexity index is 2810. The van der Waals surface area contributed by atoms with Gasteiger partial charge in [0.2, 0.25) is 0 Å². The van der Waals surface area contributed by atoms with E-state index in [2.05, 4.69) is 180 Å². The molecule has 4 nitrogen and oxygen atoms in total. The highest BCUT2D eigenvalue weighted by atomic mass is 16.7. The van der Waals surface area contributed by atoms with Crippen LogP contribution in [0.25, 0.3) is 72.3 Å². The zero-order valence-corrected chi connectivity index (χ0v) is 28.0. The van der Waals surface area contributed by atoms with Gasteiger partial charge in [0.25, 0.3) is 0 Å². The van der Waals surface area contributed by atoms with Crippen molar-refractivity contribution < 1.29 is 9.47 Å². The molecule has 2 aromatic heterocycles. The molecule has 1 aliphatic heterocycles. The quantitative estimate of drug-likeness (QED) is 0.188. The largest absolute Gasteiger partial charge is 0.440 e. The first kappa shape index (κ1) is 28.9. The van der Waals surface area contributed by atoms with Gasteiger partial charge < -0.3 is 9.47 Å². The number of hydrogen-bond donors (Lipinski definition) is 0. The summed E-state index contributed by atoms with van der Waals surface area (Å²) in [6.07, 6.45) is 0. The minimum atomic E-state index is -1.06. The van der Waals surface area contributed by atoms with Crippen LogP contribution in [0.5, 0.6) is 11.5 Å². The second-order valence-electron chi connectivity index (χ2n) is 13.5. The van der Waals surface area contributed by atoms with Crippen molar-refractivity contribution in [2.24, 2.45) is 0 Å². The van der Waals surface area contributed by atoms with E-state index in [0.29, 0.717) is 0 Å². The maximum Gasteiger partial charge on any atom is 0.306 e. The SMILES string of the molecule is c1ccc(-c2cccc(-c3cc(-c4ccccc4)nc(-n4c5ccccc5c5c6c(ccc54)OC4(O6)c5ccccc5-c5ccccc54)c3)c2)cc1. The highest BCUT2D eigenvalue weighted by Gasteiger charge is 2.52. The second kappa shape index (κ2) is 11.0. The van der Waals surface area contributed by atoms with Crippen molar-refractivity contribution in [3.63, 3.8) is 0 Å². The summed E-state index contributed by atoms with van der Waals surface area (Å²) in [6.45, 7) is 0. The van der Waals surface area contributed by atoms with E-state index in [4.69, 9.17) is 14.5 Å². The monoisotopic (exact) mass is 666 g/mol. The molecule has 244 valence electrons. The third-order valence-electron chi connectivity index (χ3n) is 10.5. The summed E-state index contributed by atoms with van der Waals surface area (Å²) in [6, 6.07) is 63.6. The van der Waals surface area contributed by atoms with Crippen LogP contribution in [0.1, 0.15) is 11.1 Å². The molecule has 0 unspecified atom stereocenters. The lowest BCUT2D eigenvalue weighted by molar-refractivity contribution is -0.0411. The van der Waals surface area contributed by atoms with Crippen LogP contribution in [-0.4, -0.2) is 9.55 Å². The number of hydrogen-bond acceptors (Lipinski definition) is 3. The summed E-state index contributed by atoms with van der Waals surface area (Å²) in [5.41, 5.74) is 12.9. The van der Waals surface area contributed by atoms with Crippen LogP contribution in [0.2, 0.25) is 0 Å². The van der Waals surface area contributed by atoms with Gasteiger partial charge >= 0.3 is 5.79 Å². The number of fused-ring (bicyclic) bond motifs is 10. The van der Waals surface area contributed by atoms with Crippen molar-refractivity contribution in [3.05, 3.63) is 193 Å². The average Bonchev–Trinajstić information content (AvgIpc) is 3.87. The van der Waals surface area contributed by atoms with Crippen LogP contribution in [0.15, 0.2) is 182 Å². The molecule has 0 saturated heterocycles. The number of aromatic nitrogens is 2. The van der Waals surface area contributed by atoms with Gasteiger partial charge in [0.05, 0.1) is 22.1 Å². The van der Waals surface area contributed by atoms with E-state index in [1.54, 1.807) is 0 Å². The molecule has 1 spiro atoms. The van der Waals surface area contributed by atoms with Crippen molar-refractivity contribution in [3.8, 4) is 62.0 Å². The minimum absolute atomic E-state index is 0.728. The fourth-order valence-electron chi connectivity index (χ4n) is 8.20. The number of ether oxygens (including phenoxy) is 2. The van der Waals surface area contributed by atoms with E-state index in [1.165, 1.54) is 11.1 Å². The first-order valence-electron chi connectivity index (χ1n) is 17.6. The average molecular weight is 667 g/mol. The Morgan fingerprint density at radius 3 is 1.81 bits per heavy atom. The van der Waals surface area contributed by atoms with Crippen LogP contribution in [0, 0.1) is 0 Å². The molecule has 52 heavy (non-hydrogen) atoms. The molecule has 9 aromatic rings. The maximum absolute atomic E-state index is 7.16. The molecule has 2 aliphatic rings. The molecule has 0 N–H and O–H groups in total. The predicted octanol–water partition coefficient (Wildman–Crippen LogP) is 11.8. The van der Waals surface area contributed by atoms with Crippen molar-refractivity contribution in [1.29, 1.82) is 0 Å². The van der Waals surface area contributed by atoms with Gasteiger partial charge in [-0.05, 0) is 69.8 Å². The fraction of sp³-hybridized carbons (Fsp3) is 0.0208. The van der Waals surface area contributed by atoms with E-state index in [0.717, 1.165) is 83.8 Å². The van der Waals surface area contributed by atoms with Gasteiger partial charge in [-0.3, -0.25) is 4.57 Å². The fourth-order valence-corrected chi connectivity index (χ4v) is 8.20. The van der Waals surface area contributed by atoms with E-state index in [1.807, 2.05) is 6.07 Å². The van der Waals surface area contributed by atoms with Gasteiger partial charge in [0, 0.05) is 22.1 Å². The number of para-hydroxylation sites is 1. The van der Waals surface area contributed by atoms with Crippen molar-refractivity contribution in [2.75, 3.05) is 0 Å². The Labute approximate surface area is 300 Å². The van der Waals surface area contributed by atoms with E-state index in [9.17, 15) is 0 Å². The Morgan fingerprint density at radius 1 is 0.442 bits per heavy atom. The Morgan fingerprint density at radius 2 is 1.06 bits per heavy atom. The van der Waals surface area contributed by atoms with Gasteiger partial charge in [0.1, 0.15) is 5.82 Å². The standard InChI is InChI=1S/C48H30N2O2/c1-3-14-31(15-4-1)33-18-13-19-34(28-33)35-29-41(32-16-5-2-6-17-32)49-45(30-35)50-42-25-12-9-22-38(42)46-43(50)26-27-44-47(46)52-48(51-44)39-23-10-7-20-36(39)37-21-8-11-24-40(37)48/h1-30H. The van der Waals surface area contributed by atoms with Crippen LogP contribution in [-0.2, 0) is 5.79 Å². The van der Waals surface area contributed by atoms with E-state index in [-0.39, 0.29) is 0 Å². The van der Waals surface area contributed by atoms with E-state index >= 15 is 0 Å². The minimum Gasteiger partial charge on any atom is -0.440 e. The third kappa shape index (κ3) is 4.18. The Hall–Kier alpha value is -6.91. The number of benzene rings is 7. The van der Waals surface area contributed by atoms with Gasteiger partial charge in [0.15, 0.2) is 11.5 Å². The van der Waals surface area contributed by atoms with Gasteiger partial charge in [-0.15, -0.1) is 0 Å². The topological polar surface area (TPSA) is 36.3 Å². The van der Waals surface area contributed by atoms with Gasteiger partial charge in [-0.1, -0.05) is 146 Å². The molecule has 0 amide bonds. The molecule has 11 rings (SSSR count). The zero-order chi connectivity index (χ0) is 34.2. The Balaban J connectivity index is 1.14. The first-order valence-corrected chi connectivity index (χ1v) is 17.6. The van der Waals surface area contributed by atoms with E-state index < -0.39 is 5.79 Å². The molecule has 1 aliphatic carbocycles. The van der Waals surface area contributed by atoms with Crippen LogP contribution >= 0.6 is 0 Å². The maximum atomic E-state index is 7.16. The first-order chi connectivity index (χ1) is 25.7. The van der Waals surface area contributed by atoms with Gasteiger partial charge in [-0.2, -0.15) is 0 Å². The highest BCUT2D eigenvalue weighted by Crippen LogP contribution is 2.58. The summed E-state index contributed by atoms with van der Waals surface area (Å²) in [7, 11) is 0. The summed E-state index contributed by atoms with van der Waals surface area (Å²) < 4.78 is 16.4. The van der Waals surface area contributed by atoms with Crippen LogP contribution in [0.4, 0.5) is 0 Å². The van der Waals surface area contributed by atoms with Crippen molar-refractivity contribution in [1.82, 2.24) is 9.55 Å². The molecule has 4 heteroatoms. The van der Waals surface area contributed by atoms with Crippen molar-refractivity contribution >= 4 is 21.8 Å². The molecular formula is C48H30N2O2. The number of pyridine rings is 1. The molecule has 7 aromatic carbocycles. The normalized spacial score (nSPS) is 13.5. The number of rotatable bonds is 4. The second-order valence-corrected chi connectivity index (χ2v) is 13.5. The molecule has 0 bridgehead atoms. The molecule has 0 fully saturated rings. The predicted molar refractivity (Wildman–Crippen MR) is 209 cm³/mol. The lowest BCUT2D eigenvalue weighted by Gasteiger charge is -2.25. The summed E-state index contributed by atoms with van der Waals surface area (Å²) in [4.78, 5) is 5.37. The van der Waals surface area contributed by atoms with Gasteiger partial charge in [-0.25, -0.2) is 4.98 Å². The summed E-state index contributed by atoms with van der Waals surface area (Å²) in [5.74, 6) is 1.24. The zero-order valence-electron chi connectivity index (χ0n) is 28.0. The lowest BCUT2D eigenvalue weighted by Crippen LogP contribution is -2.34. The third-order valence-corrected chi connectivity index (χ3v) is 10.5. The Kier molecular flexibility index (Phi) is 6.13. The van der Waals surface area contributed by atoms with Crippen molar-refractivity contribution in [2.45, 2.75) is 5.79 Å². The molecule has 0 saturated carbocycles. The smallest absolute Gasteiger partial charge is 0.306 e.